The van der Waals surface area contributed by atoms with Crippen LogP contribution in [0.4, 0.5) is 5.69 Å². The number of hydrogen-bond acceptors (Lipinski definition) is 6. The molecule has 3 N–H and O–H groups in total. The SMILES string of the molecule is CCC(=O)Nc1ccc(C(=O)NCCNC(=O)Cn2cnc(-c3ccco3)cc2=O)cc1. The van der Waals surface area contributed by atoms with E-state index in [9.17, 15) is 19.2 Å². The van der Waals surface area contributed by atoms with Crippen LogP contribution in [-0.4, -0.2) is 40.4 Å². The van der Waals surface area contributed by atoms with Gasteiger partial charge in [-0.15, -0.1) is 0 Å². The zero-order valence-corrected chi connectivity index (χ0v) is 17.5. The molecule has 2 aromatic heterocycles. The number of rotatable bonds is 9. The van der Waals surface area contributed by atoms with Gasteiger partial charge in [-0.1, -0.05) is 6.92 Å². The molecule has 0 aliphatic rings. The Hall–Kier alpha value is -4.21. The molecule has 3 amide bonds. The number of nitrogens with zero attached hydrogens (tertiary/aromatic N) is 2. The highest BCUT2D eigenvalue weighted by Crippen LogP contribution is 2.14. The van der Waals surface area contributed by atoms with Gasteiger partial charge >= 0.3 is 0 Å². The number of hydrogen-bond donors (Lipinski definition) is 3. The molecule has 0 unspecified atom stereocenters. The van der Waals surface area contributed by atoms with E-state index in [4.69, 9.17) is 4.42 Å². The summed E-state index contributed by atoms with van der Waals surface area (Å²) in [7, 11) is 0. The minimum atomic E-state index is -0.384. The maximum absolute atomic E-state index is 12.2. The highest BCUT2D eigenvalue weighted by molar-refractivity contribution is 5.95. The molecule has 0 fully saturated rings. The first-order valence-corrected chi connectivity index (χ1v) is 10.0. The fraction of sp³-hybridized carbons (Fsp3) is 0.227. The van der Waals surface area contributed by atoms with Gasteiger partial charge in [0.25, 0.3) is 11.5 Å². The van der Waals surface area contributed by atoms with Crippen molar-refractivity contribution in [2.24, 2.45) is 0 Å². The van der Waals surface area contributed by atoms with Crippen molar-refractivity contribution in [3.05, 3.63) is 71.0 Å². The molecule has 0 radical (unpaired) electrons. The minimum Gasteiger partial charge on any atom is -0.463 e. The van der Waals surface area contributed by atoms with Crippen LogP contribution in [0.25, 0.3) is 11.5 Å². The van der Waals surface area contributed by atoms with Crippen LogP contribution in [0.3, 0.4) is 0 Å². The van der Waals surface area contributed by atoms with E-state index < -0.39 is 0 Å². The van der Waals surface area contributed by atoms with Gasteiger partial charge in [-0.05, 0) is 36.4 Å². The number of furan rings is 1. The lowest BCUT2D eigenvalue weighted by Gasteiger charge is -2.09. The smallest absolute Gasteiger partial charge is 0.254 e. The molecular formula is C22H23N5O5. The fourth-order valence-electron chi connectivity index (χ4n) is 2.75. The Bertz CT molecular complexity index is 1140. The maximum atomic E-state index is 12.2. The van der Waals surface area contributed by atoms with Crippen molar-refractivity contribution in [3.63, 3.8) is 0 Å². The van der Waals surface area contributed by atoms with Crippen molar-refractivity contribution in [3.8, 4) is 11.5 Å². The zero-order chi connectivity index (χ0) is 22.9. The van der Waals surface area contributed by atoms with Gasteiger partial charge in [-0.2, -0.15) is 0 Å². The number of aromatic nitrogens is 2. The highest BCUT2D eigenvalue weighted by Gasteiger charge is 2.09. The van der Waals surface area contributed by atoms with E-state index in [0.717, 1.165) is 0 Å². The summed E-state index contributed by atoms with van der Waals surface area (Å²) in [6.45, 7) is 1.97. The van der Waals surface area contributed by atoms with Gasteiger partial charge < -0.3 is 20.4 Å². The third kappa shape index (κ3) is 6.14. The van der Waals surface area contributed by atoms with Crippen molar-refractivity contribution < 1.29 is 18.8 Å². The summed E-state index contributed by atoms with van der Waals surface area (Å²) in [5, 5.41) is 8.03. The molecule has 0 saturated heterocycles. The average molecular weight is 437 g/mol. The van der Waals surface area contributed by atoms with Gasteiger partial charge in [-0.3, -0.25) is 23.7 Å². The monoisotopic (exact) mass is 437 g/mol. The van der Waals surface area contributed by atoms with E-state index in [2.05, 4.69) is 20.9 Å². The van der Waals surface area contributed by atoms with Crippen molar-refractivity contribution in [1.82, 2.24) is 20.2 Å². The second kappa shape index (κ2) is 10.7. The number of nitrogens with one attached hydrogen (secondary N) is 3. The lowest BCUT2D eigenvalue weighted by Crippen LogP contribution is -2.37. The number of amides is 3. The highest BCUT2D eigenvalue weighted by atomic mass is 16.3. The molecule has 1 aromatic carbocycles. The van der Waals surface area contributed by atoms with Crippen LogP contribution in [0.15, 0.2) is 64.3 Å². The van der Waals surface area contributed by atoms with Gasteiger partial charge in [0.2, 0.25) is 11.8 Å². The van der Waals surface area contributed by atoms with Crippen LogP contribution in [0.5, 0.6) is 0 Å². The van der Waals surface area contributed by atoms with E-state index in [-0.39, 0.29) is 42.9 Å². The minimum absolute atomic E-state index is 0.107. The summed E-state index contributed by atoms with van der Waals surface area (Å²) >= 11 is 0. The van der Waals surface area contributed by atoms with Crippen molar-refractivity contribution in [2.45, 2.75) is 19.9 Å². The standard InChI is InChI=1S/C22H23N5O5/c1-2-19(28)26-16-7-5-15(6-8-16)22(31)24-10-9-23-20(29)13-27-14-25-17(12-21(27)30)18-4-3-11-32-18/h3-8,11-12,14H,2,9-10,13H2,1H3,(H,23,29)(H,24,31)(H,26,28). The summed E-state index contributed by atoms with van der Waals surface area (Å²) in [5.74, 6) is -0.328. The van der Waals surface area contributed by atoms with Crippen LogP contribution in [-0.2, 0) is 16.1 Å². The first-order valence-electron chi connectivity index (χ1n) is 10.0. The largest absolute Gasteiger partial charge is 0.463 e. The second-order valence-electron chi connectivity index (χ2n) is 6.80. The van der Waals surface area contributed by atoms with Crippen LogP contribution in [0, 0.1) is 0 Å². The number of anilines is 1. The van der Waals surface area contributed by atoms with Gasteiger partial charge in [0.1, 0.15) is 12.2 Å². The van der Waals surface area contributed by atoms with E-state index >= 15 is 0 Å². The molecule has 10 heteroatoms. The topological polar surface area (TPSA) is 135 Å². The third-order valence-electron chi connectivity index (χ3n) is 4.45. The van der Waals surface area contributed by atoms with Crippen LogP contribution in [0.1, 0.15) is 23.7 Å². The van der Waals surface area contributed by atoms with E-state index in [1.165, 1.54) is 23.2 Å². The molecular weight excluding hydrogens is 414 g/mol. The Morgan fingerprint density at radius 2 is 1.78 bits per heavy atom. The fourth-order valence-corrected chi connectivity index (χ4v) is 2.75. The van der Waals surface area contributed by atoms with Gasteiger partial charge in [0.05, 0.1) is 12.6 Å². The van der Waals surface area contributed by atoms with Crippen LogP contribution >= 0.6 is 0 Å². The summed E-state index contributed by atoms with van der Waals surface area (Å²) < 4.78 is 6.38. The second-order valence-corrected chi connectivity index (χ2v) is 6.80. The molecule has 3 rings (SSSR count). The van der Waals surface area contributed by atoms with Crippen LogP contribution in [0.2, 0.25) is 0 Å². The maximum Gasteiger partial charge on any atom is 0.254 e. The normalized spacial score (nSPS) is 10.4. The summed E-state index contributed by atoms with van der Waals surface area (Å²) in [6.07, 6.45) is 3.14. The van der Waals surface area contributed by atoms with E-state index in [0.29, 0.717) is 29.1 Å². The summed E-state index contributed by atoms with van der Waals surface area (Å²) in [6, 6.07) is 11.2. The molecule has 0 aliphatic carbocycles. The lowest BCUT2D eigenvalue weighted by atomic mass is 10.2. The van der Waals surface area contributed by atoms with Gasteiger partial charge in [0.15, 0.2) is 5.76 Å². The Morgan fingerprint density at radius 3 is 2.44 bits per heavy atom. The molecule has 10 nitrogen and oxygen atoms in total. The third-order valence-corrected chi connectivity index (χ3v) is 4.45. The molecule has 0 atom stereocenters. The Labute approximate surface area is 183 Å². The molecule has 0 saturated carbocycles. The molecule has 3 aromatic rings. The lowest BCUT2D eigenvalue weighted by molar-refractivity contribution is -0.121. The molecule has 0 bridgehead atoms. The first kappa shape index (κ1) is 22.5. The summed E-state index contributed by atoms with van der Waals surface area (Å²) in [4.78, 5) is 51.9. The zero-order valence-electron chi connectivity index (χ0n) is 17.5. The number of carbonyl (C=O) groups excluding carboxylic acids is 3. The Balaban J connectivity index is 1.42. The molecule has 2 heterocycles. The van der Waals surface area contributed by atoms with Crippen LogP contribution < -0.4 is 21.5 Å². The van der Waals surface area contributed by atoms with Crippen molar-refractivity contribution >= 4 is 23.4 Å². The average Bonchev–Trinajstić information content (AvgIpc) is 3.33. The molecule has 166 valence electrons. The predicted molar refractivity (Wildman–Crippen MR) is 117 cm³/mol. The van der Waals surface area contributed by atoms with E-state index in [1.54, 1.807) is 43.3 Å². The Kier molecular flexibility index (Phi) is 7.52. The molecule has 0 spiro atoms. The molecule has 0 aliphatic heterocycles. The van der Waals surface area contributed by atoms with Crippen molar-refractivity contribution in [1.29, 1.82) is 0 Å². The molecule has 32 heavy (non-hydrogen) atoms. The van der Waals surface area contributed by atoms with Crippen molar-refractivity contribution in [2.75, 3.05) is 18.4 Å². The number of benzene rings is 1. The first-order chi connectivity index (χ1) is 15.5. The van der Waals surface area contributed by atoms with Gasteiger partial charge in [0, 0.05) is 36.8 Å². The predicted octanol–water partition coefficient (Wildman–Crippen LogP) is 1.40. The quantitative estimate of drug-likeness (QED) is 0.433. The Morgan fingerprint density at radius 1 is 1.03 bits per heavy atom. The number of carbonyl (C=O) groups is 3. The van der Waals surface area contributed by atoms with E-state index in [1.807, 2.05) is 0 Å². The summed E-state index contributed by atoms with van der Waals surface area (Å²) in [5.41, 5.74) is 1.05. The van der Waals surface area contributed by atoms with Gasteiger partial charge in [-0.25, -0.2) is 4.98 Å².